The molecule has 1 saturated heterocycles. The Kier molecular flexibility index (Phi) is 3.03. The molecule has 0 saturated carbocycles. The molecular formula is C15H19N3O. The van der Waals surface area contributed by atoms with Gasteiger partial charge in [-0.2, -0.15) is 0 Å². The fourth-order valence-electron chi connectivity index (χ4n) is 2.91. The number of anilines is 2. The quantitative estimate of drug-likeness (QED) is 0.839. The molecule has 2 heterocycles. The summed E-state index contributed by atoms with van der Waals surface area (Å²) in [5.74, 6) is 0. The third-order valence-corrected chi connectivity index (χ3v) is 4.04. The first-order valence-corrected chi connectivity index (χ1v) is 6.65. The van der Waals surface area contributed by atoms with Gasteiger partial charge in [0.1, 0.15) is 0 Å². The van der Waals surface area contributed by atoms with Crippen LogP contribution in [0, 0.1) is 0 Å². The first-order valence-electron chi connectivity index (χ1n) is 6.65. The maximum Gasteiger partial charge on any atom is 0.0750 e. The minimum Gasteiger partial charge on any atom is -0.398 e. The maximum atomic E-state index is 6.04. The lowest BCUT2D eigenvalue weighted by molar-refractivity contribution is 0.118. The molecule has 1 aromatic carbocycles. The van der Waals surface area contributed by atoms with Crippen LogP contribution < -0.4 is 10.6 Å². The summed E-state index contributed by atoms with van der Waals surface area (Å²) in [6, 6.07) is 6.42. The molecule has 0 radical (unpaired) electrons. The van der Waals surface area contributed by atoms with Gasteiger partial charge in [-0.3, -0.25) is 4.98 Å². The number of fused-ring (bicyclic) bond motifs is 1. The number of likely N-dealkylation sites (N-methyl/N-ethyl adjacent to an activating group) is 1. The summed E-state index contributed by atoms with van der Waals surface area (Å²) >= 11 is 0. The molecular weight excluding hydrogens is 238 g/mol. The van der Waals surface area contributed by atoms with E-state index >= 15 is 0 Å². The summed E-state index contributed by atoms with van der Waals surface area (Å²) in [6.07, 6.45) is 4.99. The van der Waals surface area contributed by atoms with E-state index in [9.17, 15) is 0 Å². The van der Waals surface area contributed by atoms with E-state index < -0.39 is 0 Å². The summed E-state index contributed by atoms with van der Waals surface area (Å²) in [5.41, 5.74) is 8.00. The second-order valence-corrected chi connectivity index (χ2v) is 5.14. The van der Waals surface area contributed by atoms with Crippen LogP contribution >= 0.6 is 0 Å². The van der Waals surface area contributed by atoms with Gasteiger partial charge in [0.25, 0.3) is 0 Å². The minimum atomic E-state index is 0.259. The molecule has 2 unspecified atom stereocenters. The van der Waals surface area contributed by atoms with Crippen molar-refractivity contribution < 1.29 is 4.74 Å². The largest absolute Gasteiger partial charge is 0.398 e. The molecule has 2 N–H and O–H groups in total. The zero-order valence-corrected chi connectivity index (χ0v) is 11.3. The van der Waals surface area contributed by atoms with Crippen molar-refractivity contribution in [3.05, 3.63) is 30.6 Å². The molecule has 4 heteroatoms. The van der Waals surface area contributed by atoms with Crippen molar-refractivity contribution in [3.8, 4) is 0 Å². The Hall–Kier alpha value is -1.81. The molecule has 0 bridgehead atoms. The fourth-order valence-corrected chi connectivity index (χ4v) is 2.91. The number of nitrogen functional groups attached to an aromatic ring is 1. The topological polar surface area (TPSA) is 51.4 Å². The SMILES string of the molecule is CC1OCCC1N(C)c1ccc(N)c2ccncc12. The second-order valence-electron chi connectivity index (χ2n) is 5.14. The third-order valence-electron chi connectivity index (χ3n) is 4.04. The molecule has 19 heavy (non-hydrogen) atoms. The van der Waals surface area contributed by atoms with Gasteiger partial charge in [-0.05, 0) is 31.5 Å². The summed E-state index contributed by atoms with van der Waals surface area (Å²) in [4.78, 5) is 6.52. The number of ether oxygens (including phenoxy) is 1. The van der Waals surface area contributed by atoms with Crippen LogP contribution in [0.4, 0.5) is 11.4 Å². The molecule has 4 nitrogen and oxygen atoms in total. The minimum absolute atomic E-state index is 0.259. The highest BCUT2D eigenvalue weighted by Gasteiger charge is 2.28. The molecule has 1 fully saturated rings. The van der Waals surface area contributed by atoms with Crippen LogP contribution in [0.2, 0.25) is 0 Å². The monoisotopic (exact) mass is 257 g/mol. The van der Waals surface area contributed by atoms with Crippen molar-refractivity contribution in [1.29, 1.82) is 0 Å². The standard InChI is InChI=1S/C15H19N3O/c1-10-14(6-8-19-10)18(2)15-4-3-13(16)11-5-7-17-9-12(11)15/h3-5,7,9-10,14H,6,8,16H2,1-2H3. The van der Waals surface area contributed by atoms with E-state index in [1.165, 1.54) is 5.69 Å². The molecule has 1 aromatic heterocycles. The van der Waals surface area contributed by atoms with Gasteiger partial charge < -0.3 is 15.4 Å². The van der Waals surface area contributed by atoms with Crippen LogP contribution in [0.3, 0.4) is 0 Å². The number of aromatic nitrogens is 1. The average molecular weight is 257 g/mol. The summed E-state index contributed by atoms with van der Waals surface area (Å²) in [6.45, 7) is 2.97. The van der Waals surface area contributed by atoms with Crippen LogP contribution in [0.5, 0.6) is 0 Å². The van der Waals surface area contributed by atoms with Crippen molar-refractivity contribution in [3.63, 3.8) is 0 Å². The number of nitrogens with two attached hydrogens (primary N) is 1. The Morgan fingerprint density at radius 1 is 1.32 bits per heavy atom. The molecule has 0 aliphatic carbocycles. The Labute approximate surface area is 113 Å². The van der Waals surface area contributed by atoms with E-state index in [4.69, 9.17) is 10.5 Å². The zero-order chi connectivity index (χ0) is 13.4. The number of hydrogen-bond acceptors (Lipinski definition) is 4. The summed E-state index contributed by atoms with van der Waals surface area (Å²) in [7, 11) is 2.12. The van der Waals surface area contributed by atoms with Crippen molar-refractivity contribution in [2.75, 3.05) is 24.3 Å². The Bertz CT molecular complexity index is 599. The fraction of sp³-hybridized carbons (Fsp3) is 0.400. The highest BCUT2D eigenvalue weighted by atomic mass is 16.5. The number of nitrogens with zero attached hydrogens (tertiary/aromatic N) is 2. The molecule has 100 valence electrons. The van der Waals surface area contributed by atoms with Gasteiger partial charge in [-0.15, -0.1) is 0 Å². The lowest BCUT2D eigenvalue weighted by Crippen LogP contribution is -2.36. The molecule has 3 rings (SSSR count). The molecule has 0 amide bonds. The predicted molar refractivity (Wildman–Crippen MR) is 78.4 cm³/mol. The molecule has 0 spiro atoms. The normalized spacial score (nSPS) is 22.8. The van der Waals surface area contributed by atoms with Crippen LogP contribution in [-0.4, -0.2) is 30.8 Å². The first kappa shape index (κ1) is 12.2. The van der Waals surface area contributed by atoms with E-state index in [0.717, 1.165) is 29.5 Å². The van der Waals surface area contributed by atoms with Crippen molar-refractivity contribution in [2.45, 2.75) is 25.5 Å². The average Bonchev–Trinajstić information content (AvgIpc) is 2.85. The van der Waals surface area contributed by atoms with Crippen molar-refractivity contribution in [2.24, 2.45) is 0 Å². The number of rotatable bonds is 2. The molecule has 2 aromatic rings. The van der Waals surface area contributed by atoms with Crippen LogP contribution in [0.15, 0.2) is 30.6 Å². The highest BCUT2D eigenvalue weighted by molar-refractivity contribution is 6.00. The van der Waals surface area contributed by atoms with Gasteiger partial charge >= 0.3 is 0 Å². The smallest absolute Gasteiger partial charge is 0.0750 e. The predicted octanol–water partition coefficient (Wildman–Crippen LogP) is 2.43. The van der Waals surface area contributed by atoms with E-state index in [1.54, 1.807) is 6.20 Å². The Balaban J connectivity index is 2.07. The van der Waals surface area contributed by atoms with Crippen molar-refractivity contribution in [1.82, 2.24) is 4.98 Å². The Morgan fingerprint density at radius 3 is 2.89 bits per heavy atom. The van der Waals surface area contributed by atoms with E-state index in [2.05, 4.69) is 29.9 Å². The van der Waals surface area contributed by atoms with Gasteiger partial charge in [0.2, 0.25) is 0 Å². The van der Waals surface area contributed by atoms with E-state index in [1.807, 2.05) is 18.3 Å². The van der Waals surface area contributed by atoms with E-state index in [-0.39, 0.29) is 6.10 Å². The van der Waals surface area contributed by atoms with Gasteiger partial charge in [0, 0.05) is 48.2 Å². The maximum absolute atomic E-state index is 6.04. The third kappa shape index (κ3) is 2.02. The number of pyridine rings is 1. The summed E-state index contributed by atoms with van der Waals surface area (Å²) in [5, 5.41) is 2.16. The Morgan fingerprint density at radius 2 is 2.16 bits per heavy atom. The molecule has 1 aliphatic heterocycles. The zero-order valence-electron chi connectivity index (χ0n) is 11.3. The first-order chi connectivity index (χ1) is 9.18. The lowest BCUT2D eigenvalue weighted by Gasteiger charge is -2.30. The van der Waals surface area contributed by atoms with Gasteiger partial charge in [-0.25, -0.2) is 0 Å². The van der Waals surface area contributed by atoms with Gasteiger partial charge in [0.05, 0.1) is 12.1 Å². The van der Waals surface area contributed by atoms with Crippen LogP contribution in [0.25, 0.3) is 10.8 Å². The summed E-state index contributed by atoms with van der Waals surface area (Å²) < 4.78 is 5.66. The van der Waals surface area contributed by atoms with Gasteiger partial charge in [0.15, 0.2) is 0 Å². The molecule has 2 atom stereocenters. The lowest BCUT2D eigenvalue weighted by atomic mass is 10.1. The van der Waals surface area contributed by atoms with E-state index in [0.29, 0.717) is 6.04 Å². The number of benzene rings is 1. The van der Waals surface area contributed by atoms with Gasteiger partial charge in [-0.1, -0.05) is 0 Å². The van der Waals surface area contributed by atoms with Crippen LogP contribution in [0.1, 0.15) is 13.3 Å². The van der Waals surface area contributed by atoms with Crippen molar-refractivity contribution >= 4 is 22.1 Å². The second kappa shape index (κ2) is 4.70. The molecule has 1 aliphatic rings. The number of hydrogen-bond donors (Lipinski definition) is 1. The van der Waals surface area contributed by atoms with Crippen LogP contribution in [-0.2, 0) is 4.74 Å². The highest BCUT2D eigenvalue weighted by Crippen LogP contribution is 2.32.